The standard InChI is InChI=1S/C17H20N4O4/c1-11(22)12-5-4-6-14(7-12)25-10-13-8-15(20-19-13)17(24)21(3)9-16(23)18-2/h4-8H,9-10H2,1-3H3,(H,18,23)(H,19,20). The SMILES string of the molecule is CNC(=O)CN(C)C(=O)c1cc(COc2cccc(C(C)=O)c2)[nH]n1. The molecule has 2 rings (SSSR count). The van der Waals surface area contributed by atoms with E-state index in [0.717, 1.165) is 0 Å². The molecule has 0 atom stereocenters. The Balaban J connectivity index is 1.97. The smallest absolute Gasteiger partial charge is 0.274 e. The number of ketones is 1. The van der Waals surface area contributed by atoms with Crippen LogP contribution < -0.4 is 10.1 Å². The van der Waals surface area contributed by atoms with Crippen molar-refractivity contribution >= 4 is 17.6 Å². The van der Waals surface area contributed by atoms with Gasteiger partial charge in [0, 0.05) is 19.7 Å². The molecule has 0 aliphatic rings. The van der Waals surface area contributed by atoms with E-state index >= 15 is 0 Å². The summed E-state index contributed by atoms with van der Waals surface area (Å²) in [7, 11) is 3.03. The lowest BCUT2D eigenvalue weighted by Gasteiger charge is -2.14. The third-order valence-corrected chi connectivity index (χ3v) is 3.49. The second-order valence-electron chi connectivity index (χ2n) is 5.49. The van der Waals surface area contributed by atoms with E-state index in [-0.39, 0.29) is 36.4 Å². The topological polar surface area (TPSA) is 104 Å². The molecule has 0 radical (unpaired) electrons. The van der Waals surface area contributed by atoms with Gasteiger partial charge in [0.1, 0.15) is 12.4 Å². The van der Waals surface area contributed by atoms with Gasteiger partial charge in [-0.15, -0.1) is 0 Å². The quantitative estimate of drug-likeness (QED) is 0.730. The molecule has 1 aromatic carbocycles. The van der Waals surface area contributed by atoms with Gasteiger partial charge in [-0.05, 0) is 25.1 Å². The second-order valence-corrected chi connectivity index (χ2v) is 5.49. The van der Waals surface area contributed by atoms with Gasteiger partial charge in [-0.1, -0.05) is 12.1 Å². The van der Waals surface area contributed by atoms with Crippen molar-refractivity contribution < 1.29 is 19.1 Å². The van der Waals surface area contributed by atoms with E-state index < -0.39 is 0 Å². The van der Waals surface area contributed by atoms with Crippen LogP contribution in [0.3, 0.4) is 0 Å². The number of aromatic amines is 1. The first-order chi connectivity index (χ1) is 11.9. The minimum atomic E-state index is -0.371. The summed E-state index contributed by atoms with van der Waals surface area (Å²) in [5, 5.41) is 9.13. The van der Waals surface area contributed by atoms with E-state index in [9.17, 15) is 14.4 Å². The van der Waals surface area contributed by atoms with Gasteiger partial charge in [0.2, 0.25) is 5.91 Å². The number of carbonyl (C=O) groups is 3. The third kappa shape index (κ3) is 4.90. The van der Waals surface area contributed by atoms with Crippen LogP contribution in [0.4, 0.5) is 0 Å². The minimum absolute atomic E-state index is 0.0426. The average Bonchev–Trinajstić information content (AvgIpc) is 3.08. The molecule has 0 unspecified atom stereocenters. The molecule has 8 nitrogen and oxygen atoms in total. The van der Waals surface area contributed by atoms with Crippen molar-refractivity contribution in [2.45, 2.75) is 13.5 Å². The number of hydrogen-bond donors (Lipinski definition) is 2. The van der Waals surface area contributed by atoms with Crippen molar-refractivity contribution in [1.29, 1.82) is 0 Å². The molecule has 1 heterocycles. The normalized spacial score (nSPS) is 10.2. The van der Waals surface area contributed by atoms with Crippen LogP contribution in [0.15, 0.2) is 30.3 Å². The van der Waals surface area contributed by atoms with Crippen molar-refractivity contribution in [3.05, 3.63) is 47.3 Å². The molecule has 2 N–H and O–H groups in total. The first-order valence-corrected chi connectivity index (χ1v) is 7.65. The van der Waals surface area contributed by atoms with Gasteiger partial charge < -0.3 is 15.0 Å². The molecule has 0 saturated carbocycles. The summed E-state index contributed by atoms with van der Waals surface area (Å²) in [5.41, 5.74) is 1.36. The van der Waals surface area contributed by atoms with E-state index in [1.54, 1.807) is 30.3 Å². The van der Waals surface area contributed by atoms with Crippen LogP contribution in [0.1, 0.15) is 33.5 Å². The zero-order chi connectivity index (χ0) is 18.4. The number of carbonyl (C=O) groups excluding carboxylic acids is 3. The summed E-state index contributed by atoms with van der Waals surface area (Å²) < 4.78 is 5.61. The molecule has 0 fully saturated rings. The summed E-state index contributed by atoms with van der Waals surface area (Å²) >= 11 is 0. The number of nitrogens with zero attached hydrogens (tertiary/aromatic N) is 2. The number of ether oxygens (including phenoxy) is 1. The molecular weight excluding hydrogens is 324 g/mol. The number of benzene rings is 1. The average molecular weight is 344 g/mol. The Bertz CT molecular complexity index is 784. The molecule has 132 valence electrons. The second kappa shape index (κ2) is 8.09. The Labute approximate surface area is 145 Å². The molecule has 0 saturated heterocycles. The molecule has 0 aliphatic heterocycles. The molecule has 0 bridgehead atoms. The lowest BCUT2D eigenvalue weighted by molar-refractivity contribution is -0.121. The number of rotatable bonds is 7. The monoisotopic (exact) mass is 344 g/mol. The van der Waals surface area contributed by atoms with Crippen molar-refractivity contribution in [1.82, 2.24) is 20.4 Å². The van der Waals surface area contributed by atoms with Crippen LogP contribution in [0.2, 0.25) is 0 Å². The summed E-state index contributed by atoms with van der Waals surface area (Å²) in [6.45, 7) is 1.61. The first kappa shape index (κ1) is 18.2. The number of hydrogen-bond acceptors (Lipinski definition) is 5. The number of H-pyrrole nitrogens is 1. The Morgan fingerprint density at radius 1 is 1.28 bits per heavy atom. The predicted molar refractivity (Wildman–Crippen MR) is 90.4 cm³/mol. The van der Waals surface area contributed by atoms with Crippen LogP contribution in [-0.4, -0.2) is 53.3 Å². The van der Waals surface area contributed by atoms with Gasteiger partial charge in [-0.2, -0.15) is 5.10 Å². The molecule has 0 aliphatic carbocycles. The fraction of sp³-hybridized carbons (Fsp3) is 0.294. The summed E-state index contributed by atoms with van der Waals surface area (Å²) in [6.07, 6.45) is 0. The van der Waals surface area contributed by atoms with Crippen molar-refractivity contribution in [3.8, 4) is 5.75 Å². The Kier molecular flexibility index (Phi) is 5.89. The highest BCUT2D eigenvalue weighted by Crippen LogP contribution is 2.15. The number of aromatic nitrogens is 2. The summed E-state index contributed by atoms with van der Waals surface area (Å²) in [4.78, 5) is 36.2. The van der Waals surface area contributed by atoms with Crippen LogP contribution in [-0.2, 0) is 11.4 Å². The van der Waals surface area contributed by atoms with E-state index in [0.29, 0.717) is 17.0 Å². The van der Waals surface area contributed by atoms with Crippen LogP contribution >= 0.6 is 0 Å². The van der Waals surface area contributed by atoms with Gasteiger partial charge in [0.15, 0.2) is 11.5 Å². The highest BCUT2D eigenvalue weighted by atomic mass is 16.5. The van der Waals surface area contributed by atoms with Crippen LogP contribution in [0, 0.1) is 0 Å². The maximum atomic E-state index is 12.2. The maximum Gasteiger partial charge on any atom is 0.274 e. The molecule has 1 aromatic heterocycles. The summed E-state index contributed by atoms with van der Waals surface area (Å²) in [6, 6.07) is 8.41. The van der Waals surface area contributed by atoms with Crippen LogP contribution in [0.25, 0.3) is 0 Å². The largest absolute Gasteiger partial charge is 0.487 e. The third-order valence-electron chi connectivity index (χ3n) is 3.49. The van der Waals surface area contributed by atoms with Gasteiger partial charge in [-0.3, -0.25) is 19.5 Å². The van der Waals surface area contributed by atoms with Crippen LogP contribution in [0.5, 0.6) is 5.75 Å². The molecule has 2 aromatic rings. The van der Waals surface area contributed by atoms with E-state index in [4.69, 9.17) is 4.74 Å². The van der Waals surface area contributed by atoms with Gasteiger partial charge in [0.25, 0.3) is 5.91 Å². The van der Waals surface area contributed by atoms with Gasteiger partial charge >= 0.3 is 0 Å². The van der Waals surface area contributed by atoms with Gasteiger partial charge in [0.05, 0.1) is 12.2 Å². The predicted octanol–water partition coefficient (Wildman–Crippen LogP) is 1.01. The highest BCUT2D eigenvalue weighted by molar-refractivity contribution is 5.95. The fourth-order valence-corrected chi connectivity index (χ4v) is 2.07. The van der Waals surface area contributed by atoms with E-state index in [2.05, 4.69) is 15.5 Å². The number of likely N-dealkylation sites (N-methyl/N-ethyl adjacent to an activating group) is 2. The van der Waals surface area contributed by atoms with E-state index in [1.807, 2.05) is 0 Å². The Hall–Kier alpha value is -3.16. The van der Waals surface area contributed by atoms with E-state index in [1.165, 1.54) is 25.9 Å². The van der Waals surface area contributed by atoms with Crippen molar-refractivity contribution in [2.24, 2.45) is 0 Å². The molecule has 2 amide bonds. The van der Waals surface area contributed by atoms with Crippen molar-refractivity contribution in [2.75, 3.05) is 20.6 Å². The number of Topliss-reactive ketones (excluding diaryl/α,β-unsaturated/α-hetero) is 1. The highest BCUT2D eigenvalue weighted by Gasteiger charge is 2.17. The number of nitrogens with one attached hydrogen (secondary N) is 2. The molecule has 8 heteroatoms. The Morgan fingerprint density at radius 2 is 2.04 bits per heavy atom. The molecule has 25 heavy (non-hydrogen) atoms. The minimum Gasteiger partial charge on any atom is -0.487 e. The zero-order valence-electron chi connectivity index (χ0n) is 14.3. The van der Waals surface area contributed by atoms with Crippen molar-refractivity contribution in [3.63, 3.8) is 0 Å². The maximum absolute atomic E-state index is 12.2. The first-order valence-electron chi connectivity index (χ1n) is 7.65. The summed E-state index contributed by atoms with van der Waals surface area (Å²) in [5.74, 6) is -0.129. The molecular formula is C17H20N4O4. The molecule has 0 spiro atoms. The lowest BCUT2D eigenvalue weighted by Crippen LogP contribution is -2.37. The van der Waals surface area contributed by atoms with Gasteiger partial charge in [-0.25, -0.2) is 0 Å². The fourth-order valence-electron chi connectivity index (χ4n) is 2.07. The lowest BCUT2D eigenvalue weighted by atomic mass is 10.1. The Morgan fingerprint density at radius 3 is 2.72 bits per heavy atom. The zero-order valence-corrected chi connectivity index (χ0v) is 14.3. The number of amides is 2.